The molecule has 0 aromatic heterocycles. The van der Waals surface area contributed by atoms with Gasteiger partial charge in [-0.1, -0.05) is 18.2 Å². The second kappa shape index (κ2) is 33.4. The summed E-state index contributed by atoms with van der Waals surface area (Å²) in [7, 11) is 0. The van der Waals surface area contributed by atoms with Gasteiger partial charge in [0.15, 0.2) is 0 Å². The van der Waals surface area contributed by atoms with Crippen molar-refractivity contribution in [2.24, 2.45) is 0 Å². The van der Waals surface area contributed by atoms with Crippen LogP contribution in [0.1, 0.15) is 0 Å². The number of anilines is 1. The monoisotopic (exact) mass is 621 g/mol. The van der Waals surface area contributed by atoms with E-state index in [0.717, 1.165) is 18.8 Å². The molecule has 0 fully saturated rings. The molecule has 1 aromatic rings. The first-order chi connectivity index (χ1) is 21.4. The minimum Gasteiger partial charge on any atom is -0.394 e. The molecular formula is C30H55NO12. The van der Waals surface area contributed by atoms with Crippen LogP contribution in [-0.2, 0) is 47.4 Å². The van der Waals surface area contributed by atoms with Gasteiger partial charge in [-0.2, -0.15) is 0 Å². The zero-order valence-electron chi connectivity index (χ0n) is 25.8. The second-order valence-corrected chi connectivity index (χ2v) is 8.89. The van der Waals surface area contributed by atoms with Crippen LogP contribution in [0, 0.1) is 0 Å². The number of hydrogen-bond donors (Lipinski definition) is 2. The molecule has 13 heteroatoms. The highest BCUT2D eigenvalue weighted by molar-refractivity contribution is 5.45. The first-order valence-electron chi connectivity index (χ1n) is 15.2. The molecule has 0 amide bonds. The van der Waals surface area contributed by atoms with Gasteiger partial charge in [-0.05, 0) is 12.1 Å². The lowest BCUT2D eigenvalue weighted by molar-refractivity contribution is -0.0135. The van der Waals surface area contributed by atoms with Gasteiger partial charge >= 0.3 is 0 Å². The second-order valence-electron chi connectivity index (χ2n) is 8.89. The van der Waals surface area contributed by atoms with Crippen LogP contribution < -0.4 is 4.90 Å². The number of para-hydroxylation sites is 1. The summed E-state index contributed by atoms with van der Waals surface area (Å²) in [5.41, 5.74) is 1.12. The molecule has 0 saturated heterocycles. The van der Waals surface area contributed by atoms with E-state index in [2.05, 4.69) is 17.0 Å². The largest absolute Gasteiger partial charge is 0.394 e. The van der Waals surface area contributed by atoms with Gasteiger partial charge in [-0.25, -0.2) is 0 Å². The van der Waals surface area contributed by atoms with Crippen molar-refractivity contribution in [1.82, 2.24) is 0 Å². The molecule has 0 aliphatic rings. The maximum absolute atomic E-state index is 8.61. The van der Waals surface area contributed by atoms with Crippen LogP contribution in [0.2, 0.25) is 0 Å². The zero-order valence-corrected chi connectivity index (χ0v) is 25.8. The smallest absolute Gasteiger partial charge is 0.0701 e. The number of benzene rings is 1. The van der Waals surface area contributed by atoms with Crippen LogP contribution >= 0.6 is 0 Å². The molecular weight excluding hydrogens is 566 g/mol. The van der Waals surface area contributed by atoms with Gasteiger partial charge in [-0.3, -0.25) is 0 Å². The Bertz CT molecular complexity index is 625. The van der Waals surface area contributed by atoms with E-state index in [-0.39, 0.29) is 13.2 Å². The molecule has 0 aliphatic heterocycles. The molecule has 0 unspecified atom stereocenters. The third kappa shape index (κ3) is 27.8. The molecule has 1 rings (SSSR count). The van der Waals surface area contributed by atoms with Crippen molar-refractivity contribution >= 4 is 5.69 Å². The van der Waals surface area contributed by atoms with E-state index in [9.17, 15) is 0 Å². The normalized spacial score (nSPS) is 11.4. The van der Waals surface area contributed by atoms with E-state index >= 15 is 0 Å². The lowest BCUT2D eigenvalue weighted by Crippen LogP contribution is -2.31. The quantitative estimate of drug-likeness (QED) is 0.103. The fourth-order valence-corrected chi connectivity index (χ4v) is 3.45. The number of rotatable bonds is 35. The number of hydrogen-bond acceptors (Lipinski definition) is 13. The van der Waals surface area contributed by atoms with E-state index in [1.54, 1.807) is 0 Å². The molecule has 252 valence electrons. The summed E-state index contributed by atoms with van der Waals surface area (Å²) in [5, 5.41) is 17.2. The lowest BCUT2D eigenvalue weighted by Gasteiger charge is -2.24. The average molecular weight is 622 g/mol. The highest BCUT2D eigenvalue weighted by Gasteiger charge is 2.06. The number of nitrogens with zero attached hydrogens (tertiary/aromatic N) is 1. The molecule has 2 N–H and O–H groups in total. The lowest BCUT2D eigenvalue weighted by atomic mass is 10.3. The van der Waals surface area contributed by atoms with Gasteiger partial charge in [-0.15, -0.1) is 0 Å². The third-order valence-corrected chi connectivity index (χ3v) is 5.58. The number of ether oxygens (including phenoxy) is 10. The van der Waals surface area contributed by atoms with E-state index in [1.165, 1.54) is 0 Å². The van der Waals surface area contributed by atoms with Crippen LogP contribution in [-0.4, -0.2) is 169 Å². The van der Waals surface area contributed by atoms with Gasteiger partial charge in [0.05, 0.1) is 145 Å². The minimum absolute atomic E-state index is 0.0237. The molecule has 0 aliphatic carbocycles. The van der Waals surface area contributed by atoms with Crippen LogP contribution in [0.25, 0.3) is 0 Å². The van der Waals surface area contributed by atoms with Crippen molar-refractivity contribution in [2.45, 2.75) is 0 Å². The highest BCUT2D eigenvalue weighted by Crippen LogP contribution is 2.12. The molecule has 0 bridgehead atoms. The Hall–Kier alpha value is -1.46. The van der Waals surface area contributed by atoms with Gasteiger partial charge in [0.2, 0.25) is 0 Å². The summed E-state index contributed by atoms with van der Waals surface area (Å²) in [6, 6.07) is 10.2. The van der Waals surface area contributed by atoms with Gasteiger partial charge < -0.3 is 62.5 Å². The summed E-state index contributed by atoms with van der Waals surface area (Å²) in [6.07, 6.45) is 0. The SMILES string of the molecule is OCCOCCOCCOCCOCCOCCN(CCOCCOCCOCCOCCOCCO)c1ccccc1. The molecule has 13 nitrogen and oxygen atoms in total. The fraction of sp³-hybridized carbons (Fsp3) is 0.800. The minimum atomic E-state index is 0.0237. The Balaban J connectivity index is 1.95. The molecule has 43 heavy (non-hydrogen) atoms. The van der Waals surface area contributed by atoms with Gasteiger partial charge in [0, 0.05) is 18.8 Å². The van der Waals surface area contributed by atoms with Crippen molar-refractivity contribution in [3.63, 3.8) is 0 Å². The first-order valence-corrected chi connectivity index (χ1v) is 15.2. The fourth-order valence-electron chi connectivity index (χ4n) is 3.45. The van der Waals surface area contributed by atoms with Crippen LogP contribution in [0.15, 0.2) is 30.3 Å². The highest BCUT2D eigenvalue weighted by atomic mass is 16.6. The predicted octanol–water partition coefficient (Wildman–Crippen LogP) is 0.644. The summed E-state index contributed by atoms with van der Waals surface area (Å²) in [6.45, 7) is 11.4. The first kappa shape index (κ1) is 39.6. The maximum atomic E-state index is 8.61. The van der Waals surface area contributed by atoms with Gasteiger partial charge in [0.1, 0.15) is 0 Å². The van der Waals surface area contributed by atoms with Crippen molar-refractivity contribution in [2.75, 3.05) is 163 Å². The number of aliphatic hydroxyl groups is 2. The van der Waals surface area contributed by atoms with Crippen molar-refractivity contribution in [1.29, 1.82) is 0 Å². The topological polar surface area (TPSA) is 136 Å². The molecule has 0 heterocycles. The Labute approximate surface area is 257 Å². The van der Waals surface area contributed by atoms with Crippen LogP contribution in [0.5, 0.6) is 0 Å². The van der Waals surface area contributed by atoms with E-state index < -0.39 is 0 Å². The Morgan fingerprint density at radius 1 is 0.349 bits per heavy atom. The van der Waals surface area contributed by atoms with E-state index in [1.807, 2.05) is 18.2 Å². The standard InChI is InChI=1S/C30H55NO12/c32-8-12-36-16-20-40-24-28-42-26-22-38-18-14-34-10-6-31(30-4-2-1-3-5-30)7-11-35-15-19-39-23-27-43-29-25-41-21-17-37-13-9-33/h1-5,32-33H,6-29H2. The van der Waals surface area contributed by atoms with Crippen molar-refractivity contribution in [3.8, 4) is 0 Å². The molecule has 0 spiro atoms. The summed E-state index contributed by atoms with van der Waals surface area (Å²) in [4.78, 5) is 2.24. The summed E-state index contributed by atoms with van der Waals surface area (Å²) in [5.74, 6) is 0. The molecule has 0 atom stereocenters. The molecule has 1 aromatic carbocycles. The van der Waals surface area contributed by atoms with E-state index in [4.69, 9.17) is 57.6 Å². The Kier molecular flexibility index (Phi) is 30.8. The van der Waals surface area contributed by atoms with Gasteiger partial charge in [0.25, 0.3) is 0 Å². The van der Waals surface area contributed by atoms with Crippen LogP contribution in [0.3, 0.4) is 0 Å². The number of aliphatic hydroxyl groups excluding tert-OH is 2. The van der Waals surface area contributed by atoms with Crippen LogP contribution in [0.4, 0.5) is 5.69 Å². The third-order valence-electron chi connectivity index (χ3n) is 5.58. The predicted molar refractivity (Wildman–Crippen MR) is 161 cm³/mol. The summed E-state index contributed by atoms with van der Waals surface area (Å²) < 4.78 is 54.5. The molecule has 0 saturated carbocycles. The molecule has 0 radical (unpaired) electrons. The van der Waals surface area contributed by atoms with Crippen molar-refractivity contribution in [3.05, 3.63) is 30.3 Å². The average Bonchev–Trinajstić information content (AvgIpc) is 3.03. The zero-order chi connectivity index (χ0) is 30.7. The van der Waals surface area contributed by atoms with Crippen molar-refractivity contribution < 1.29 is 57.6 Å². The summed E-state index contributed by atoms with van der Waals surface area (Å²) >= 11 is 0. The Morgan fingerprint density at radius 2 is 0.605 bits per heavy atom. The van der Waals surface area contributed by atoms with E-state index in [0.29, 0.717) is 132 Å². The maximum Gasteiger partial charge on any atom is 0.0701 e. The Morgan fingerprint density at radius 3 is 0.884 bits per heavy atom.